The van der Waals surface area contributed by atoms with Crippen LogP contribution in [0.4, 0.5) is 0 Å². The van der Waals surface area contributed by atoms with E-state index in [1.54, 1.807) is 42.7 Å². The molecule has 6 heteroatoms. The van der Waals surface area contributed by atoms with Crippen molar-refractivity contribution in [3.8, 4) is 0 Å². The van der Waals surface area contributed by atoms with Gasteiger partial charge in [0.05, 0.1) is 0 Å². The van der Waals surface area contributed by atoms with Gasteiger partial charge < -0.3 is 4.90 Å². The molecule has 0 fully saturated rings. The van der Waals surface area contributed by atoms with E-state index in [0.717, 1.165) is 16.8 Å². The highest BCUT2D eigenvalue weighted by Gasteiger charge is 2.19. The zero-order valence-corrected chi connectivity index (χ0v) is 14.3. The maximum Gasteiger partial charge on any atom is 0.273 e. The van der Waals surface area contributed by atoms with Gasteiger partial charge in [0.1, 0.15) is 11.5 Å². The summed E-state index contributed by atoms with van der Waals surface area (Å²) in [5.74, 6) is 0.451. The number of carbonyl (C=O) groups excluding carboxylic acids is 1. The maximum atomic E-state index is 13.1. The Morgan fingerprint density at radius 1 is 0.960 bits per heavy atom. The minimum absolute atomic E-state index is 0.138. The zero-order chi connectivity index (χ0) is 17.6. The summed E-state index contributed by atoms with van der Waals surface area (Å²) in [4.78, 5) is 31.6. The van der Waals surface area contributed by atoms with Crippen LogP contribution in [0.1, 0.15) is 33.1 Å². The molecule has 0 bridgehead atoms. The number of pyridine rings is 2. The fourth-order valence-corrected chi connectivity index (χ4v) is 2.61. The molecule has 0 N–H and O–H groups in total. The third kappa shape index (κ3) is 4.44. The van der Waals surface area contributed by atoms with Gasteiger partial charge >= 0.3 is 0 Å². The van der Waals surface area contributed by atoms with Crippen LogP contribution >= 0.6 is 0 Å². The van der Waals surface area contributed by atoms with Gasteiger partial charge in [-0.05, 0) is 43.2 Å². The summed E-state index contributed by atoms with van der Waals surface area (Å²) in [5, 5.41) is 0. The molecule has 6 nitrogen and oxygen atoms in total. The largest absolute Gasteiger partial charge is 0.329 e. The minimum Gasteiger partial charge on any atom is -0.329 e. The lowest BCUT2D eigenvalue weighted by Crippen LogP contribution is -2.31. The molecule has 0 atom stereocenters. The molecule has 25 heavy (non-hydrogen) atoms. The molecule has 0 aliphatic rings. The van der Waals surface area contributed by atoms with Crippen molar-refractivity contribution in [3.63, 3.8) is 0 Å². The van der Waals surface area contributed by atoms with E-state index in [1.165, 1.54) is 0 Å². The normalized spacial score (nSPS) is 10.5. The van der Waals surface area contributed by atoms with Crippen LogP contribution in [-0.4, -0.2) is 30.7 Å². The van der Waals surface area contributed by atoms with Gasteiger partial charge in [0.2, 0.25) is 0 Å². The number of aryl methyl sites for hydroxylation is 2. The fourth-order valence-electron chi connectivity index (χ4n) is 2.61. The molecule has 3 heterocycles. The van der Waals surface area contributed by atoms with Crippen molar-refractivity contribution < 1.29 is 4.79 Å². The number of carbonyl (C=O) groups is 1. The average molecular weight is 333 g/mol. The summed E-state index contributed by atoms with van der Waals surface area (Å²) in [7, 11) is 0. The molecular formula is C19H19N5O. The van der Waals surface area contributed by atoms with E-state index in [1.807, 2.05) is 31.2 Å². The van der Waals surface area contributed by atoms with Crippen LogP contribution in [0.2, 0.25) is 0 Å². The number of aromatic nitrogens is 4. The summed E-state index contributed by atoms with van der Waals surface area (Å²) in [5.41, 5.74) is 3.10. The molecule has 0 spiro atoms. The molecule has 3 rings (SSSR count). The molecule has 0 aliphatic carbocycles. The molecule has 1 amide bonds. The van der Waals surface area contributed by atoms with Crippen LogP contribution in [0.3, 0.4) is 0 Å². The van der Waals surface area contributed by atoms with Gasteiger partial charge in [-0.15, -0.1) is 0 Å². The van der Waals surface area contributed by atoms with Gasteiger partial charge in [-0.2, -0.15) is 0 Å². The molecule has 3 aromatic heterocycles. The SMILES string of the molecule is Cc1cc(C(=O)N(Cc2cccnc2)Cc2cccnc2)nc(C)n1. The molecule has 3 aromatic rings. The van der Waals surface area contributed by atoms with Gasteiger partial charge in [0.25, 0.3) is 5.91 Å². The third-order valence-electron chi connectivity index (χ3n) is 3.66. The Kier molecular flexibility index (Phi) is 5.09. The Labute approximate surface area is 146 Å². The van der Waals surface area contributed by atoms with E-state index >= 15 is 0 Å². The second-order valence-corrected chi connectivity index (χ2v) is 5.83. The smallest absolute Gasteiger partial charge is 0.273 e. The predicted octanol–water partition coefficient (Wildman–Crippen LogP) is 2.73. The first kappa shape index (κ1) is 16.7. The van der Waals surface area contributed by atoms with E-state index in [-0.39, 0.29) is 5.91 Å². The van der Waals surface area contributed by atoms with E-state index in [2.05, 4.69) is 19.9 Å². The lowest BCUT2D eigenvalue weighted by molar-refractivity contribution is 0.0723. The summed E-state index contributed by atoms with van der Waals surface area (Å²) < 4.78 is 0. The topological polar surface area (TPSA) is 71.9 Å². The number of amides is 1. The van der Waals surface area contributed by atoms with Crippen molar-refractivity contribution in [2.45, 2.75) is 26.9 Å². The Morgan fingerprint density at radius 2 is 1.56 bits per heavy atom. The van der Waals surface area contributed by atoms with E-state index in [0.29, 0.717) is 24.6 Å². The van der Waals surface area contributed by atoms with Crippen LogP contribution in [0, 0.1) is 13.8 Å². The summed E-state index contributed by atoms with van der Waals surface area (Å²) in [6.45, 7) is 4.54. The average Bonchev–Trinajstić information content (AvgIpc) is 2.61. The van der Waals surface area contributed by atoms with Crippen molar-refractivity contribution in [1.82, 2.24) is 24.8 Å². The number of hydrogen-bond donors (Lipinski definition) is 0. The predicted molar refractivity (Wildman–Crippen MR) is 93.6 cm³/mol. The van der Waals surface area contributed by atoms with Crippen LogP contribution in [0.5, 0.6) is 0 Å². The van der Waals surface area contributed by atoms with Gasteiger partial charge in [0.15, 0.2) is 0 Å². The molecule has 0 aromatic carbocycles. The molecule has 0 unspecified atom stereocenters. The maximum absolute atomic E-state index is 13.1. The minimum atomic E-state index is -0.138. The zero-order valence-electron chi connectivity index (χ0n) is 14.3. The number of rotatable bonds is 5. The van der Waals surface area contributed by atoms with Crippen LogP contribution in [0.25, 0.3) is 0 Å². The first-order valence-electron chi connectivity index (χ1n) is 8.01. The van der Waals surface area contributed by atoms with Crippen molar-refractivity contribution in [2.75, 3.05) is 0 Å². The number of nitrogens with zero attached hydrogens (tertiary/aromatic N) is 5. The van der Waals surface area contributed by atoms with Gasteiger partial charge in [-0.1, -0.05) is 12.1 Å². The highest BCUT2D eigenvalue weighted by molar-refractivity contribution is 5.92. The fraction of sp³-hybridized carbons (Fsp3) is 0.211. The van der Waals surface area contributed by atoms with E-state index < -0.39 is 0 Å². The van der Waals surface area contributed by atoms with Crippen LogP contribution in [-0.2, 0) is 13.1 Å². The van der Waals surface area contributed by atoms with Crippen LogP contribution in [0.15, 0.2) is 55.1 Å². The van der Waals surface area contributed by atoms with Gasteiger partial charge in [0, 0.05) is 43.6 Å². The van der Waals surface area contributed by atoms with Crippen molar-refractivity contribution in [3.05, 3.63) is 83.5 Å². The molecule has 0 saturated heterocycles. The Morgan fingerprint density at radius 3 is 2.04 bits per heavy atom. The number of hydrogen-bond acceptors (Lipinski definition) is 5. The molecule has 126 valence electrons. The lowest BCUT2D eigenvalue weighted by Gasteiger charge is -2.22. The van der Waals surface area contributed by atoms with E-state index in [9.17, 15) is 4.79 Å². The Hall–Kier alpha value is -3.15. The standard InChI is InChI=1S/C19H19N5O/c1-14-9-18(23-15(2)22-14)19(25)24(12-16-5-3-7-20-10-16)13-17-6-4-8-21-11-17/h3-11H,12-13H2,1-2H3. The van der Waals surface area contributed by atoms with Crippen molar-refractivity contribution in [1.29, 1.82) is 0 Å². The van der Waals surface area contributed by atoms with Crippen LogP contribution < -0.4 is 0 Å². The Bertz CT molecular complexity index is 790. The van der Waals surface area contributed by atoms with Gasteiger partial charge in [-0.25, -0.2) is 9.97 Å². The highest BCUT2D eigenvalue weighted by Crippen LogP contribution is 2.13. The molecule has 0 aliphatic heterocycles. The Balaban J connectivity index is 1.90. The van der Waals surface area contributed by atoms with Gasteiger partial charge in [-0.3, -0.25) is 14.8 Å². The summed E-state index contributed by atoms with van der Waals surface area (Å²) in [6.07, 6.45) is 6.96. The highest BCUT2D eigenvalue weighted by atomic mass is 16.2. The first-order valence-corrected chi connectivity index (χ1v) is 8.01. The third-order valence-corrected chi connectivity index (χ3v) is 3.66. The molecule has 0 saturated carbocycles. The molecular weight excluding hydrogens is 314 g/mol. The van der Waals surface area contributed by atoms with Crippen molar-refractivity contribution in [2.24, 2.45) is 0 Å². The second kappa shape index (κ2) is 7.61. The second-order valence-electron chi connectivity index (χ2n) is 5.83. The van der Waals surface area contributed by atoms with Crippen molar-refractivity contribution >= 4 is 5.91 Å². The molecule has 0 radical (unpaired) electrons. The summed E-state index contributed by atoms with van der Waals surface area (Å²) in [6, 6.07) is 9.34. The monoisotopic (exact) mass is 333 g/mol. The first-order chi connectivity index (χ1) is 12.1. The quantitative estimate of drug-likeness (QED) is 0.718. The summed E-state index contributed by atoms with van der Waals surface area (Å²) >= 11 is 0. The van der Waals surface area contributed by atoms with E-state index in [4.69, 9.17) is 0 Å². The lowest BCUT2D eigenvalue weighted by atomic mass is 10.2.